The summed E-state index contributed by atoms with van der Waals surface area (Å²) in [6.07, 6.45) is 0. The summed E-state index contributed by atoms with van der Waals surface area (Å²) in [5.74, 6) is -0.165. The Morgan fingerprint density at radius 1 is 1.28 bits per heavy atom. The summed E-state index contributed by atoms with van der Waals surface area (Å²) in [5.41, 5.74) is 0.295. The van der Waals surface area contributed by atoms with Crippen molar-refractivity contribution >= 4 is 5.97 Å². The maximum absolute atomic E-state index is 12.1. The normalized spacial score (nSPS) is 28.9. The number of rotatable bonds is 1. The van der Waals surface area contributed by atoms with E-state index in [-0.39, 0.29) is 17.4 Å². The molecule has 2 rings (SSSR count). The quantitative estimate of drug-likeness (QED) is 0.775. The number of benzene rings is 1. The molecule has 18 heavy (non-hydrogen) atoms. The van der Waals surface area contributed by atoms with Gasteiger partial charge in [0.2, 0.25) is 0 Å². The molecule has 0 aromatic heterocycles. The lowest BCUT2D eigenvalue weighted by atomic mass is 9.73. The van der Waals surface area contributed by atoms with Gasteiger partial charge in [-0.1, -0.05) is 51.1 Å². The second-order valence-corrected chi connectivity index (χ2v) is 6.08. The Bertz CT molecular complexity index is 436. The van der Waals surface area contributed by atoms with Gasteiger partial charge in [-0.25, -0.2) is 0 Å². The van der Waals surface area contributed by atoms with E-state index < -0.39 is 5.54 Å². The monoisotopic (exact) mass is 247 g/mol. The molecule has 0 spiro atoms. The number of carbonyl (C=O) groups is 1. The van der Waals surface area contributed by atoms with E-state index in [1.54, 1.807) is 0 Å². The van der Waals surface area contributed by atoms with Crippen LogP contribution in [0.4, 0.5) is 0 Å². The lowest BCUT2D eigenvalue weighted by Crippen LogP contribution is -2.63. The molecule has 1 aliphatic heterocycles. The maximum Gasteiger partial charge on any atom is 0.326 e. The van der Waals surface area contributed by atoms with Crippen molar-refractivity contribution in [2.75, 3.05) is 6.61 Å². The minimum absolute atomic E-state index is 0.0631. The second kappa shape index (κ2) is 4.39. The number of nitrogens with one attached hydrogen (secondary N) is 1. The topological polar surface area (TPSA) is 38.3 Å². The van der Waals surface area contributed by atoms with Gasteiger partial charge in [-0.05, 0) is 17.9 Å². The van der Waals surface area contributed by atoms with Gasteiger partial charge >= 0.3 is 5.97 Å². The van der Waals surface area contributed by atoms with Crippen LogP contribution in [-0.2, 0) is 9.53 Å². The highest BCUT2D eigenvalue weighted by Gasteiger charge is 2.49. The van der Waals surface area contributed by atoms with Gasteiger partial charge in [0, 0.05) is 0 Å². The number of esters is 1. The van der Waals surface area contributed by atoms with E-state index in [4.69, 9.17) is 4.74 Å². The minimum atomic E-state index is -0.661. The molecule has 1 N–H and O–H groups in total. The zero-order valence-electron chi connectivity index (χ0n) is 11.5. The Kier molecular flexibility index (Phi) is 3.20. The van der Waals surface area contributed by atoms with Crippen LogP contribution in [0.5, 0.6) is 0 Å². The molecule has 0 unspecified atom stereocenters. The van der Waals surface area contributed by atoms with Crippen LogP contribution in [0.3, 0.4) is 0 Å². The summed E-state index contributed by atoms with van der Waals surface area (Å²) in [4.78, 5) is 12.1. The Morgan fingerprint density at radius 2 is 1.89 bits per heavy atom. The summed E-state index contributed by atoms with van der Waals surface area (Å²) in [6, 6.07) is 10.2. The van der Waals surface area contributed by atoms with Gasteiger partial charge in [-0.15, -0.1) is 0 Å². The number of carbonyl (C=O) groups excluding carboxylic acids is 1. The molecule has 1 aromatic carbocycles. The van der Waals surface area contributed by atoms with E-state index >= 15 is 0 Å². The first-order valence-electron chi connectivity index (χ1n) is 6.34. The first-order valence-corrected chi connectivity index (χ1v) is 6.34. The highest BCUT2D eigenvalue weighted by molar-refractivity contribution is 5.82. The van der Waals surface area contributed by atoms with E-state index in [1.807, 2.05) is 25.1 Å². The van der Waals surface area contributed by atoms with Crippen LogP contribution in [0.2, 0.25) is 0 Å². The van der Waals surface area contributed by atoms with E-state index in [0.29, 0.717) is 6.61 Å². The Labute approximate surface area is 109 Å². The zero-order chi connectivity index (χ0) is 13.4. The fraction of sp³-hybridized carbons (Fsp3) is 0.533. The van der Waals surface area contributed by atoms with E-state index in [9.17, 15) is 4.79 Å². The molecule has 1 heterocycles. The van der Waals surface area contributed by atoms with Crippen LogP contribution in [0, 0.1) is 5.41 Å². The molecule has 1 aromatic rings. The molecule has 1 saturated heterocycles. The van der Waals surface area contributed by atoms with Crippen LogP contribution in [0.15, 0.2) is 30.3 Å². The van der Waals surface area contributed by atoms with Gasteiger partial charge in [0.15, 0.2) is 0 Å². The lowest BCUT2D eigenvalue weighted by molar-refractivity contribution is -0.164. The standard InChI is InChI=1S/C15H21NO2/c1-14(2,3)15(4)13(17)18-10-12(16-15)11-8-6-5-7-9-11/h5-9,12,16H,10H2,1-4H3/t12-,15-/m0/s1. The fourth-order valence-corrected chi connectivity index (χ4v) is 2.14. The molecular formula is C15H21NO2. The number of hydrogen-bond acceptors (Lipinski definition) is 3. The third-order valence-corrected chi connectivity index (χ3v) is 3.95. The van der Waals surface area contributed by atoms with Gasteiger partial charge in [-0.2, -0.15) is 0 Å². The molecule has 1 aliphatic rings. The summed E-state index contributed by atoms with van der Waals surface area (Å²) < 4.78 is 5.39. The molecule has 3 heteroatoms. The number of morpholine rings is 1. The molecule has 3 nitrogen and oxygen atoms in total. The number of hydrogen-bond donors (Lipinski definition) is 1. The van der Waals surface area contributed by atoms with Crippen molar-refractivity contribution in [3.05, 3.63) is 35.9 Å². The van der Waals surface area contributed by atoms with Crippen LogP contribution in [-0.4, -0.2) is 18.1 Å². The molecule has 0 amide bonds. The summed E-state index contributed by atoms with van der Waals surface area (Å²) in [5, 5.41) is 3.46. The van der Waals surface area contributed by atoms with E-state index in [2.05, 4.69) is 38.2 Å². The highest BCUT2D eigenvalue weighted by atomic mass is 16.5. The predicted molar refractivity (Wildman–Crippen MR) is 71.1 cm³/mol. The van der Waals surface area contributed by atoms with Crippen LogP contribution >= 0.6 is 0 Å². The van der Waals surface area contributed by atoms with Gasteiger partial charge in [0.1, 0.15) is 12.1 Å². The van der Waals surface area contributed by atoms with Crippen molar-refractivity contribution in [1.29, 1.82) is 0 Å². The van der Waals surface area contributed by atoms with Crippen molar-refractivity contribution in [2.24, 2.45) is 5.41 Å². The van der Waals surface area contributed by atoms with E-state index in [1.165, 1.54) is 0 Å². The van der Waals surface area contributed by atoms with Gasteiger partial charge in [0.05, 0.1) is 6.04 Å². The lowest BCUT2D eigenvalue weighted by Gasteiger charge is -2.46. The average molecular weight is 247 g/mol. The molecule has 98 valence electrons. The first kappa shape index (κ1) is 13.1. The van der Waals surface area contributed by atoms with Crippen molar-refractivity contribution in [3.8, 4) is 0 Å². The molecule has 0 radical (unpaired) electrons. The molecule has 2 atom stereocenters. The summed E-state index contributed by atoms with van der Waals surface area (Å²) >= 11 is 0. The fourth-order valence-electron chi connectivity index (χ4n) is 2.14. The Hall–Kier alpha value is -1.35. The number of ether oxygens (including phenoxy) is 1. The Balaban J connectivity index is 2.27. The first-order chi connectivity index (χ1) is 8.34. The van der Waals surface area contributed by atoms with Crippen LogP contribution in [0.25, 0.3) is 0 Å². The van der Waals surface area contributed by atoms with Crippen molar-refractivity contribution in [3.63, 3.8) is 0 Å². The molecule has 0 bridgehead atoms. The second-order valence-electron chi connectivity index (χ2n) is 6.08. The summed E-state index contributed by atoms with van der Waals surface area (Å²) in [6.45, 7) is 8.47. The Morgan fingerprint density at radius 3 is 2.44 bits per heavy atom. The number of cyclic esters (lactones) is 1. The largest absolute Gasteiger partial charge is 0.462 e. The van der Waals surface area contributed by atoms with Gasteiger partial charge in [0.25, 0.3) is 0 Å². The smallest absolute Gasteiger partial charge is 0.326 e. The molecule has 0 saturated carbocycles. The average Bonchev–Trinajstić information content (AvgIpc) is 2.32. The third kappa shape index (κ3) is 2.15. The predicted octanol–water partition coefficient (Wildman–Crippen LogP) is 2.68. The van der Waals surface area contributed by atoms with Crippen molar-refractivity contribution in [1.82, 2.24) is 5.32 Å². The maximum atomic E-state index is 12.1. The molecule has 1 fully saturated rings. The van der Waals surface area contributed by atoms with Crippen molar-refractivity contribution < 1.29 is 9.53 Å². The minimum Gasteiger partial charge on any atom is -0.462 e. The van der Waals surface area contributed by atoms with Crippen LogP contribution in [0.1, 0.15) is 39.3 Å². The van der Waals surface area contributed by atoms with Gasteiger partial charge in [-0.3, -0.25) is 10.1 Å². The molecular weight excluding hydrogens is 226 g/mol. The third-order valence-electron chi connectivity index (χ3n) is 3.95. The van der Waals surface area contributed by atoms with Crippen LogP contribution < -0.4 is 5.32 Å². The van der Waals surface area contributed by atoms with Gasteiger partial charge < -0.3 is 4.74 Å². The SMILES string of the molecule is CC(C)(C)[C@@]1(C)N[C@H](c2ccccc2)COC1=O. The molecule has 0 aliphatic carbocycles. The zero-order valence-corrected chi connectivity index (χ0v) is 11.5. The van der Waals surface area contributed by atoms with Crippen molar-refractivity contribution in [2.45, 2.75) is 39.3 Å². The van der Waals surface area contributed by atoms with E-state index in [0.717, 1.165) is 5.56 Å². The summed E-state index contributed by atoms with van der Waals surface area (Å²) in [7, 11) is 0. The highest BCUT2D eigenvalue weighted by Crippen LogP contribution is 2.36.